The number of carbonyl (C=O) groups is 1. The van der Waals surface area contributed by atoms with E-state index < -0.39 is 5.72 Å². The number of hydrogen-bond acceptors (Lipinski definition) is 4. The minimum atomic E-state index is -0.910. The van der Waals surface area contributed by atoms with E-state index in [2.05, 4.69) is 35.6 Å². The zero-order valence-electron chi connectivity index (χ0n) is 16.9. The second-order valence-electron chi connectivity index (χ2n) is 7.72. The van der Waals surface area contributed by atoms with E-state index in [0.717, 1.165) is 33.3 Å². The van der Waals surface area contributed by atoms with Gasteiger partial charge in [-0.1, -0.05) is 48.5 Å². The standard InChI is InChI=1S/C25H23NO3S/c1-16(27)26-25-20-8-4-6-10-23(20)30-15-21(25)24(17-11-13-18(28-2)14-12-17)19-7-3-5-9-22(19)29-25/h3-14,21,24H,15H2,1-2H3,(H,26,27)/t21-,24+,25-/m0/s1. The van der Waals surface area contributed by atoms with Crippen LogP contribution >= 0.6 is 11.8 Å². The maximum absolute atomic E-state index is 12.4. The first kappa shape index (κ1) is 19.1. The summed E-state index contributed by atoms with van der Waals surface area (Å²) in [6, 6.07) is 24.6. The molecule has 1 amide bonds. The van der Waals surface area contributed by atoms with E-state index in [-0.39, 0.29) is 17.7 Å². The number of benzene rings is 3. The third-order valence-electron chi connectivity index (χ3n) is 5.99. The van der Waals surface area contributed by atoms with Gasteiger partial charge in [0.25, 0.3) is 0 Å². The first-order valence-electron chi connectivity index (χ1n) is 10.1. The summed E-state index contributed by atoms with van der Waals surface area (Å²) in [7, 11) is 1.68. The largest absolute Gasteiger partial charge is 0.497 e. The molecule has 0 unspecified atom stereocenters. The van der Waals surface area contributed by atoms with Crippen molar-refractivity contribution in [2.75, 3.05) is 12.9 Å². The first-order chi connectivity index (χ1) is 14.6. The predicted octanol–water partition coefficient (Wildman–Crippen LogP) is 4.93. The molecule has 5 heteroatoms. The van der Waals surface area contributed by atoms with E-state index in [9.17, 15) is 4.79 Å². The van der Waals surface area contributed by atoms with Gasteiger partial charge in [-0.2, -0.15) is 0 Å². The van der Waals surface area contributed by atoms with Gasteiger partial charge < -0.3 is 14.8 Å². The van der Waals surface area contributed by atoms with Gasteiger partial charge in [-0.25, -0.2) is 0 Å². The molecule has 3 aromatic rings. The van der Waals surface area contributed by atoms with Crippen LogP contribution in [0.1, 0.15) is 29.5 Å². The van der Waals surface area contributed by atoms with Gasteiger partial charge in [-0.15, -0.1) is 11.8 Å². The summed E-state index contributed by atoms with van der Waals surface area (Å²) in [6.45, 7) is 1.56. The van der Waals surface area contributed by atoms with Crippen molar-refractivity contribution in [3.05, 3.63) is 89.5 Å². The van der Waals surface area contributed by atoms with E-state index in [1.54, 1.807) is 14.0 Å². The fourth-order valence-corrected chi connectivity index (χ4v) is 6.08. The van der Waals surface area contributed by atoms with Crippen LogP contribution in [0.25, 0.3) is 0 Å². The molecule has 30 heavy (non-hydrogen) atoms. The number of thioether (sulfide) groups is 1. The molecule has 1 N–H and O–H groups in total. The van der Waals surface area contributed by atoms with Gasteiger partial charge in [0, 0.05) is 40.5 Å². The minimum absolute atomic E-state index is 0.0320. The molecular weight excluding hydrogens is 394 g/mol. The van der Waals surface area contributed by atoms with Crippen molar-refractivity contribution in [3.8, 4) is 11.5 Å². The number of amides is 1. The number of carbonyl (C=O) groups excluding carboxylic acids is 1. The van der Waals surface area contributed by atoms with Crippen LogP contribution in [0.3, 0.4) is 0 Å². The van der Waals surface area contributed by atoms with Gasteiger partial charge in [0.2, 0.25) is 11.6 Å². The van der Waals surface area contributed by atoms with Crippen molar-refractivity contribution in [3.63, 3.8) is 0 Å². The average Bonchev–Trinajstić information content (AvgIpc) is 2.77. The number of hydrogen-bond donors (Lipinski definition) is 1. The molecule has 0 fully saturated rings. The fourth-order valence-electron chi connectivity index (χ4n) is 4.75. The molecule has 0 saturated heterocycles. The van der Waals surface area contributed by atoms with Gasteiger partial charge in [0.05, 0.1) is 7.11 Å². The summed E-state index contributed by atoms with van der Waals surface area (Å²) in [5, 5.41) is 3.22. The van der Waals surface area contributed by atoms with Gasteiger partial charge in [0.15, 0.2) is 0 Å². The third kappa shape index (κ3) is 2.96. The first-order valence-corrected chi connectivity index (χ1v) is 11.0. The topological polar surface area (TPSA) is 47.6 Å². The molecular formula is C25H23NO3S. The molecule has 2 aliphatic rings. The van der Waals surface area contributed by atoms with Crippen LogP contribution in [0.2, 0.25) is 0 Å². The van der Waals surface area contributed by atoms with Crippen LogP contribution in [0.5, 0.6) is 11.5 Å². The molecule has 3 aromatic carbocycles. The maximum atomic E-state index is 12.4. The highest BCUT2D eigenvalue weighted by Crippen LogP contribution is 2.56. The van der Waals surface area contributed by atoms with Crippen LogP contribution in [0.15, 0.2) is 77.7 Å². The number of para-hydroxylation sites is 1. The highest BCUT2D eigenvalue weighted by Gasteiger charge is 2.55. The van der Waals surface area contributed by atoms with Crippen LogP contribution < -0.4 is 14.8 Å². The van der Waals surface area contributed by atoms with Crippen molar-refractivity contribution < 1.29 is 14.3 Å². The van der Waals surface area contributed by atoms with E-state index in [0.29, 0.717) is 0 Å². The summed E-state index contributed by atoms with van der Waals surface area (Å²) < 4.78 is 12.1. The highest BCUT2D eigenvalue weighted by atomic mass is 32.2. The maximum Gasteiger partial charge on any atom is 0.220 e. The van der Waals surface area contributed by atoms with Crippen molar-refractivity contribution >= 4 is 17.7 Å². The molecule has 0 saturated carbocycles. The Morgan fingerprint density at radius 1 is 1.07 bits per heavy atom. The number of methoxy groups -OCH3 is 1. The van der Waals surface area contributed by atoms with Crippen molar-refractivity contribution in [1.82, 2.24) is 5.32 Å². The van der Waals surface area contributed by atoms with Crippen molar-refractivity contribution in [1.29, 1.82) is 0 Å². The normalized spacial score (nSPS) is 23.9. The summed E-state index contributed by atoms with van der Waals surface area (Å²) >= 11 is 1.82. The Kier molecular flexibility index (Phi) is 4.70. The SMILES string of the molecule is COc1ccc([C@@H]2c3ccccc3O[C@@]3(NC(C)=O)c4ccccc4SC[C@@H]23)cc1. The molecule has 0 aliphatic carbocycles. The molecule has 0 spiro atoms. The summed E-state index contributed by atoms with van der Waals surface area (Å²) in [6.07, 6.45) is 0. The van der Waals surface area contributed by atoms with Crippen LogP contribution in [-0.4, -0.2) is 18.8 Å². The number of ether oxygens (including phenoxy) is 2. The highest BCUT2D eigenvalue weighted by molar-refractivity contribution is 7.99. The minimum Gasteiger partial charge on any atom is -0.497 e. The zero-order chi connectivity index (χ0) is 20.7. The van der Waals surface area contributed by atoms with Gasteiger partial charge in [-0.05, 0) is 29.8 Å². The van der Waals surface area contributed by atoms with Crippen LogP contribution in [-0.2, 0) is 10.5 Å². The quantitative estimate of drug-likeness (QED) is 0.656. The molecule has 5 rings (SSSR count). The van der Waals surface area contributed by atoms with Gasteiger partial charge in [-0.3, -0.25) is 4.79 Å². The Bertz CT molecular complexity index is 1100. The fraction of sp³-hybridized carbons (Fsp3) is 0.240. The molecule has 152 valence electrons. The van der Waals surface area contributed by atoms with Crippen molar-refractivity contribution in [2.24, 2.45) is 5.92 Å². The van der Waals surface area contributed by atoms with Crippen LogP contribution in [0.4, 0.5) is 0 Å². The molecule has 4 nitrogen and oxygen atoms in total. The van der Waals surface area contributed by atoms with Gasteiger partial charge in [0.1, 0.15) is 11.5 Å². The molecule has 3 atom stereocenters. The second-order valence-corrected chi connectivity index (χ2v) is 8.78. The summed E-state index contributed by atoms with van der Waals surface area (Å²) in [5.74, 6) is 2.48. The lowest BCUT2D eigenvalue weighted by atomic mass is 9.71. The Morgan fingerprint density at radius 3 is 2.57 bits per heavy atom. The predicted molar refractivity (Wildman–Crippen MR) is 118 cm³/mol. The monoisotopic (exact) mass is 417 g/mol. The van der Waals surface area contributed by atoms with E-state index in [1.165, 1.54) is 5.56 Å². The zero-order valence-corrected chi connectivity index (χ0v) is 17.7. The molecule has 0 bridgehead atoms. The Balaban J connectivity index is 1.74. The summed E-state index contributed by atoms with van der Waals surface area (Å²) in [5.41, 5.74) is 2.45. The van der Waals surface area contributed by atoms with Gasteiger partial charge >= 0.3 is 0 Å². The lowest BCUT2D eigenvalue weighted by Crippen LogP contribution is -2.60. The second kappa shape index (κ2) is 7.40. The van der Waals surface area contributed by atoms with E-state index in [1.807, 2.05) is 54.2 Å². The van der Waals surface area contributed by atoms with Crippen molar-refractivity contribution in [2.45, 2.75) is 23.5 Å². The smallest absolute Gasteiger partial charge is 0.220 e. The number of fused-ring (bicyclic) bond motifs is 4. The molecule has 0 aromatic heterocycles. The Hall–Kier alpha value is -2.92. The lowest BCUT2D eigenvalue weighted by molar-refractivity contribution is -0.131. The summed E-state index contributed by atoms with van der Waals surface area (Å²) in [4.78, 5) is 13.5. The average molecular weight is 418 g/mol. The number of nitrogens with one attached hydrogen (secondary N) is 1. The van der Waals surface area contributed by atoms with Crippen LogP contribution in [0, 0.1) is 5.92 Å². The third-order valence-corrected chi connectivity index (χ3v) is 7.18. The van der Waals surface area contributed by atoms with E-state index >= 15 is 0 Å². The molecule has 0 radical (unpaired) electrons. The molecule has 2 heterocycles. The Labute approximate surface area is 180 Å². The molecule has 2 aliphatic heterocycles. The Morgan fingerprint density at radius 2 is 1.80 bits per heavy atom. The number of rotatable bonds is 3. The van der Waals surface area contributed by atoms with E-state index in [4.69, 9.17) is 9.47 Å². The lowest BCUT2D eigenvalue weighted by Gasteiger charge is -2.51.